The van der Waals surface area contributed by atoms with Gasteiger partial charge in [0.05, 0.1) is 12.9 Å². The normalized spacial score (nSPS) is 13.2. The lowest BCUT2D eigenvalue weighted by molar-refractivity contribution is 0.100. The maximum absolute atomic E-state index is 6.58. The summed E-state index contributed by atoms with van der Waals surface area (Å²) in [4.78, 5) is 4.03. The molecular formula is C18H22Cl2N2O2S. The maximum atomic E-state index is 6.58. The van der Waals surface area contributed by atoms with E-state index in [-0.39, 0.29) is 5.24 Å². The van der Waals surface area contributed by atoms with Crippen LogP contribution in [-0.4, -0.2) is 21.4 Å². The van der Waals surface area contributed by atoms with Crippen LogP contribution in [0.1, 0.15) is 49.8 Å². The average molecular weight is 401 g/mol. The Bertz CT molecular complexity index is 635. The molecule has 0 N–H and O–H groups in total. The summed E-state index contributed by atoms with van der Waals surface area (Å²) in [7, 11) is 0. The van der Waals surface area contributed by atoms with Gasteiger partial charge in [0.1, 0.15) is 0 Å². The monoisotopic (exact) mass is 400 g/mol. The van der Waals surface area contributed by atoms with Gasteiger partial charge in [-0.05, 0) is 24.1 Å². The largest absolute Gasteiger partial charge is 0.457 e. The lowest BCUT2D eigenvalue weighted by Gasteiger charge is -2.24. The number of rotatable bonds is 9. The highest BCUT2D eigenvalue weighted by molar-refractivity contribution is 7.79. The highest BCUT2D eigenvalue weighted by atomic mass is 35.5. The first-order valence-corrected chi connectivity index (χ1v) is 9.54. The molecule has 2 atom stereocenters. The summed E-state index contributed by atoms with van der Waals surface area (Å²) in [6.45, 7) is 2.71. The molecule has 0 spiro atoms. The van der Waals surface area contributed by atoms with Gasteiger partial charge in [-0.25, -0.2) is 4.98 Å². The van der Waals surface area contributed by atoms with E-state index in [1.54, 1.807) is 35.4 Å². The van der Waals surface area contributed by atoms with Crippen molar-refractivity contribution in [3.05, 3.63) is 53.6 Å². The fourth-order valence-corrected chi connectivity index (χ4v) is 2.95. The molecular weight excluding hydrogens is 379 g/mol. The molecule has 0 fully saturated rings. The number of thiocarbonyl (C=S) groups is 1. The summed E-state index contributed by atoms with van der Waals surface area (Å²) < 4.78 is 13.1. The van der Waals surface area contributed by atoms with Crippen LogP contribution in [0.5, 0.6) is 0 Å². The van der Waals surface area contributed by atoms with E-state index in [1.165, 1.54) is 12.8 Å². The van der Waals surface area contributed by atoms with Gasteiger partial charge in [0, 0.05) is 29.6 Å². The second kappa shape index (κ2) is 10.6. The molecule has 0 aliphatic heterocycles. The third-order valence-corrected chi connectivity index (χ3v) is 4.62. The molecule has 2 aromatic rings. The Hall–Kier alpha value is -1.30. The van der Waals surface area contributed by atoms with Crippen LogP contribution in [0.3, 0.4) is 0 Å². The topological polar surface area (TPSA) is 36.3 Å². The fourth-order valence-electron chi connectivity index (χ4n) is 2.33. The summed E-state index contributed by atoms with van der Waals surface area (Å²) >= 11 is 17.8. The van der Waals surface area contributed by atoms with E-state index in [0.29, 0.717) is 11.6 Å². The number of nitrogens with zero attached hydrogens (tertiary/aromatic N) is 2. The van der Waals surface area contributed by atoms with Crippen LogP contribution in [0.25, 0.3) is 0 Å². The number of imidazole rings is 1. The standard InChI is InChI=1S/C18H22Cl2N2O2S/c1-2-3-4-5-12-23-18(25)24-16(14-6-8-15(19)9-7-14)17(20)22-11-10-21-13-22/h6-11,13,16-17H,2-5,12H2,1H3. The van der Waals surface area contributed by atoms with Crippen molar-refractivity contribution in [2.24, 2.45) is 0 Å². The summed E-state index contributed by atoms with van der Waals surface area (Å²) in [6, 6.07) is 7.31. The minimum atomic E-state index is -0.523. The van der Waals surface area contributed by atoms with Crippen molar-refractivity contribution >= 4 is 40.7 Å². The number of benzene rings is 1. The molecule has 0 aliphatic rings. The average Bonchev–Trinajstić information content (AvgIpc) is 3.14. The lowest BCUT2D eigenvalue weighted by Crippen LogP contribution is -2.20. The van der Waals surface area contributed by atoms with E-state index in [4.69, 9.17) is 44.9 Å². The Balaban J connectivity index is 2.01. The molecule has 0 radical (unpaired) electrons. The molecule has 1 aromatic heterocycles. The second-order valence-electron chi connectivity index (χ2n) is 5.63. The van der Waals surface area contributed by atoms with Crippen LogP contribution in [0, 0.1) is 0 Å². The van der Waals surface area contributed by atoms with Crippen molar-refractivity contribution < 1.29 is 9.47 Å². The SMILES string of the molecule is CCCCCCOC(=S)OC(c1ccc(Cl)cc1)C(Cl)n1ccnc1. The molecule has 0 saturated carbocycles. The van der Waals surface area contributed by atoms with E-state index in [1.807, 2.05) is 12.1 Å². The van der Waals surface area contributed by atoms with Crippen LogP contribution < -0.4 is 0 Å². The van der Waals surface area contributed by atoms with Gasteiger partial charge in [-0.15, -0.1) is 0 Å². The minimum Gasteiger partial charge on any atom is -0.457 e. The molecule has 2 rings (SSSR count). The molecule has 0 saturated heterocycles. The first-order valence-electron chi connectivity index (χ1n) is 8.32. The maximum Gasteiger partial charge on any atom is 0.352 e. The summed E-state index contributed by atoms with van der Waals surface area (Å²) in [6.07, 6.45) is 9.00. The minimum absolute atomic E-state index is 0.0993. The lowest BCUT2D eigenvalue weighted by atomic mass is 10.1. The third-order valence-electron chi connectivity index (χ3n) is 3.70. The second-order valence-corrected chi connectivity index (χ2v) is 6.85. The van der Waals surface area contributed by atoms with Crippen molar-refractivity contribution in [1.29, 1.82) is 0 Å². The Morgan fingerprint density at radius 1 is 1.24 bits per heavy atom. The van der Waals surface area contributed by atoms with Crippen LogP contribution >= 0.6 is 35.4 Å². The van der Waals surface area contributed by atoms with Gasteiger partial charge in [-0.1, -0.05) is 61.5 Å². The smallest absolute Gasteiger partial charge is 0.352 e. The zero-order valence-electron chi connectivity index (χ0n) is 14.1. The molecule has 4 nitrogen and oxygen atoms in total. The summed E-state index contributed by atoms with van der Waals surface area (Å²) in [5.74, 6) is 0. The molecule has 7 heteroatoms. The van der Waals surface area contributed by atoms with Crippen molar-refractivity contribution in [3.63, 3.8) is 0 Å². The van der Waals surface area contributed by atoms with Gasteiger partial charge >= 0.3 is 5.24 Å². The predicted molar refractivity (Wildman–Crippen MR) is 105 cm³/mol. The van der Waals surface area contributed by atoms with E-state index in [9.17, 15) is 0 Å². The van der Waals surface area contributed by atoms with E-state index >= 15 is 0 Å². The highest BCUT2D eigenvalue weighted by Crippen LogP contribution is 2.34. The molecule has 25 heavy (non-hydrogen) atoms. The first kappa shape index (κ1) is 20.0. The fraction of sp³-hybridized carbons (Fsp3) is 0.444. The van der Waals surface area contributed by atoms with Crippen LogP contribution in [-0.2, 0) is 9.47 Å². The number of alkyl halides is 1. The molecule has 136 valence electrons. The van der Waals surface area contributed by atoms with E-state index in [2.05, 4.69) is 11.9 Å². The molecule has 0 aliphatic carbocycles. The van der Waals surface area contributed by atoms with Crippen LogP contribution in [0.15, 0.2) is 43.0 Å². The van der Waals surface area contributed by atoms with Crippen molar-refractivity contribution in [2.75, 3.05) is 6.61 Å². The Kier molecular flexibility index (Phi) is 8.52. The van der Waals surface area contributed by atoms with Gasteiger partial charge in [0.25, 0.3) is 0 Å². The van der Waals surface area contributed by atoms with Gasteiger partial charge < -0.3 is 14.0 Å². The number of hydrogen-bond donors (Lipinski definition) is 0. The van der Waals surface area contributed by atoms with Gasteiger partial charge in [-0.2, -0.15) is 0 Å². The van der Waals surface area contributed by atoms with Crippen molar-refractivity contribution in [3.8, 4) is 0 Å². The quantitative estimate of drug-likeness (QED) is 0.297. The van der Waals surface area contributed by atoms with Crippen molar-refractivity contribution in [2.45, 2.75) is 44.2 Å². The van der Waals surface area contributed by atoms with Crippen molar-refractivity contribution in [1.82, 2.24) is 9.55 Å². The summed E-state index contributed by atoms with van der Waals surface area (Å²) in [5.41, 5.74) is 0.334. The summed E-state index contributed by atoms with van der Waals surface area (Å²) in [5, 5.41) is 0.744. The van der Waals surface area contributed by atoms with Crippen LogP contribution in [0.4, 0.5) is 0 Å². The Morgan fingerprint density at radius 2 is 2.00 bits per heavy atom. The van der Waals surface area contributed by atoms with Crippen LogP contribution in [0.2, 0.25) is 5.02 Å². The number of unbranched alkanes of at least 4 members (excludes halogenated alkanes) is 3. The number of halogens is 2. The zero-order chi connectivity index (χ0) is 18.1. The Labute approximate surface area is 164 Å². The first-order chi connectivity index (χ1) is 12.1. The van der Waals surface area contributed by atoms with E-state index in [0.717, 1.165) is 18.4 Å². The number of ether oxygens (including phenoxy) is 2. The van der Waals surface area contributed by atoms with Gasteiger partial charge in [0.2, 0.25) is 0 Å². The predicted octanol–water partition coefficient (Wildman–Crippen LogP) is 5.91. The molecule has 1 heterocycles. The molecule has 1 aromatic carbocycles. The molecule has 2 unspecified atom stereocenters. The van der Waals surface area contributed by atoms with Gasteiger partial charge in [0.15, 0.2) is 11.6 Å². The zero-order valence-corrected chi connectivity index (χ0v) is 16.4. The Morgan fingerprint density at radius 3 is 2.64 bits per heavy atom. The number of aromatic nitrogens is 2. The molecule has 0 bridgehead atoms. The highest BCUT2D eigenvalue weighted by Gasteiger charge is 2.26. The van der Waals surface area contributed by atoms with Gasteiger partial charge in [-0.3, -0.25) is 0 Å². The number of hydrogen-bond acceptors (Lipinski definition) is 4. The van der Waals surface area contributed by atoms with E-state index < -0.39 is 11.6 Å². The molecule has 0 amide bonds. The third kappa shape index (κ3) is 6.49.